The number of hydrogen-bond donors (Lipinski definition) is 1. The van der Waals surface area contributed by atoms with E-state index in [0.717, 1.165) is 0 Å². The van der Waals surface area contributed by atoms with Gasteiger partial charge in [-0.2, -0.15) is 0 Å². The molecular formula is C11H11ClO3. The Morgan fingerprint density at radius 2 is 2.00 bits per heavy atom. The third kappa shape index (κ3) is 2.36. The number of ketones is 1. The Morgan fingerprint density at radius 3 is 2.47 bits per heavy atom. The van der Waals surface area contributed by atoms with Crippen LogP contribution in [0.15, 0.2) is 18.2 Å². The highest BCUT2D eigenvalue weighted by atomic mass is 35.5. The summed E-state index contributed by atoms with van der Waals surface area (Å²) in [6.07, 6.45) is 0. The van der Waals surface area contributed by atoms with Crippen molar-refractivity contribution in [2.24, 2.45) is 0 Å². The fraction of sp³-hybridized carbons (Fsp3) is 0.273. The van der Waals surface area contributed by atoms with Gasteiger partial charge in [0.05, 0.1) is 10.9 Å². The minimum Gasteiger partial charge on any atom is -0.478 e. The monoisotopic (exact) mass is 226 g/mol. The van der Waals surface area contributed by atoms with E-state index in [0.29, 0.717) is 5.56 Å². The third-order valence-corrected chi connectivity index (χ3v) is 2.31. The normalized spacial score (nSPS) is 12.2. The Balaban J connectivity index is 3.35. The van der Waals surface area contributed by atoms with Crippen molar-refractivity contribution in [1.29, 1.82) is 0 Å². The lowest BCUT2D eigenvalue weighted by atomic mass is 9.98. The molecule has 1 unspecified atom stereocenters. The zero-order chi connectivity index (χ0) is 11.6. The molecule has 1 atom stereocenters. The van der Waals surface area contributed by atoms with Gasteiger partial charge in [0.2, 0.25) is 0 Å². The topological polar surface area (TPSA) is 54.4 Å². The first kappa shape index (κ1) is 11.7. The fourth-order valence-corrected chi connectivity index (χ4v) is 1.49. The molecule has 0 aliphatic carbocycles. The van der Waals surface area contributed by atoms with Gasteiger partial charge in [0.15, 0.2) is 5.78 Å². The maximum absolute atomic E-state index is 11.6. The van der Waals surface area contributed by atoms with Crippen molar-refractivity contribution in [3.63, 3.8) is 0 Å². The largest absolute Gasteiger partial charge is 0.478 e. The standard InChI is InChI=1S/C11H11ClO3/c1-6-4-3-5-8(9(6)11(14)15)10(13)7(2)12/h3-5,7H,1-2H3,(H,14,15). The fourth-order valence-electron chi connectivity index (χ4n) is 1.37. The lowest BCUT2D eigenvalue weighted by Gasteiger charge is -2.08. The van der Waals surface area contributed by atoms with Crippen molar-refractivity contribution in [2.75, 3.05) is 0 Å². The van der Waals surface area contributed by atoms with Gasteiger partial charge < -0.3 is 5.11 Å². The molecule has 0 spiro atoms. The quantitative estimate of drug-likeness (QED) is 0.637. The summed E-state index contributed by atoms with van der Waals surface area (Å²) in [4.78, 5) is 22.6. The summed E-state index contributed by atoms with van der Waals surface area (Å²) in [5.41, 5.74) is 0.769. The summed E-state index contributed by atoms with van der Waals surface area (Å²) in [6, 6.07) is 4.78. The van der Waals surface area contributed by atoms with E-state index in [1.165, 1.54) is 13.0 Å². The van der Waals surface area contributed by atoms with Crippen molar-refractivity contribution >= 4 is 23.4 Å². The number of halogens is 1. The van der Waals surface area contributed by atoms with Gasteiger partial charge in [0.25, 0.3) is 0 Å². The van der Waals surface area contributed by atoms with E-state index in [9.17, 15) is 9.59 Å². The van der Waals surface area contributed by atoms with E-state index in [4.69, 9.17) is 16.7 Å². The summed E-state index contributed by atoms with van der Waals surface area (Å²) in [6.45, 7) is 3.18. The number of carboxylic acids is 1. The van der Waals surface area contributed by atoms with Gasteiger partial charge in [-0.15, -0.1) is 11.6 Å². The molecule has 3 nitrogen and oxygen atoms in total. The van der Waals surface area contributed by atoms with Crippen LogP contribution < -0.4 is 0 Å². The van der Waals surface area contributed by atoms with E-state index >= 15 is 0 Å². The van der Waals surface area contributed by atoms with Gasteiger partial charge in [-0.3, -0.25) is 4.79 Å². The smallest absolute Gasteiger partial charge is 0.336 e. The van der Waals surface area contributed by atoms with Gasteiger partial charge in [0.1, 0.15) is 0 Å². The molecular weight excluding hydrogens is 216 g/mol. The van der Waals surface area contributed by atoms with Crippen LogP contribution in [0, 0.1) is 6.92 Å². The molecule has 1 N–H and O–H groups in total. The third-order valence-electron chi connectivity index (χ3n) is 2.11. The second kappa shape index (κ2) is 4.45. The van der Waals surface area contributed by atoms with Gasteiger partial charge in [-0.1, -0.05) is 18.2 Å². The van der Waals surface area contributed by atoms with Crippen molar-refractivity contribution < 1.29 is 14.7 Å². The van der Waals surface area contributed by atoms with Gasteiger partial charge in [0, 0.05) is 5.56 Å². The van der Waals surface area contributed by atoms with Gasteiger partial charge in [-0.05, 0) is 19.4 Å². The van der Waals surface area contributed by atoms with Gasteiger partial charge in [-0.25, -0.2) is 4.79 Å². The first-order chi connectivity index (χ1) is 6.95. The van der Waals surface area contributed by atoms with Crippen molar-refractivity contribution in [1.82, 2.24) is 0 Å². The van der Waals surface area contributed by atoms with Crippen LogP contribution >= 0.6 is 11.6 Å². The van der Waals surface area contributed by atoms with E-state index in [1.807, 2.05) is 0 Å². The molecule has 0 saturated heterocycles. The van der Waals surface area contributed by atoms with Crippen LogP contribution in [0.3, 0.4) is 0 Å². The second-order valence-electron chi connectivity index (χ2n) is 3.28. The van der Waals surface area contributed by atoms with Crippen LogP contribution in [0.25, 0.3) is 0 Å². The SMILES string of the molecule is Cc1cccc(C(=O)C(C)Cl)c1C(=O)O. The highest BCUT2D eigenvalue weighted by Crippen LogP contribution is 2.17. The zero-order valence-corrected chi connectivity index (χ0v) is 9.21. The Labute approximate surface area is 92.7 Å². The average molecular weight is 227 g/mol. The lowest BCUT2D eigenvalue weighted by molar-refractivity contribution is 0.0691. The van der Waals surface area contributed by atoms with Crippen LogP contribution in [0.5, 0.6) is 0 Å². The van der Waals surface area contributed by atoms with E-state index in [2.05, 4.69) is 0 Å². The van der Waals surface area contributed by atoms with E-state index in [1.54, 1.807) is 19.1 Å². The van der Waals surface area contributed by atoms with E-state index in [-0.39, 0.29) is 16.9 Å². The first-order valence-corrected chi connectivity index (χ1v) is 4.90. The lowest BCUT2D eigenvalue weighted by Crippen LogP contribution is -2.16. The summed E-state index contributed by atoms with van der Waals surface area (Å²) in [5, 5.41) is 8.26. The molecule has 0 heterocycles. The van der Waals surface area contributed by atoms with Crippen molar-refractivity contribution in [3.05, 3.63) is 34.9 Å². The maximum Gasteiger partial charge on any atom is 0.336 e. The van der Waals surface area contributed by atoms with Crippen LogP contribution in [0.4, 0.5) is 0 Å². The number of carboxylic acid groups (broad SMARTS) is 1. The average Bonchev–Trinajstić information content (AvgIpc) is 2.15. The molecule has 0 aromatic heterocycles. The maximum atomic E-state index is 11.6. The molecule has 4 heteroatoms. The number of carbonyl (C=O) groups excluding carboxylic acids is 1. The summed E-state index contributed by atoms with van der Waals surface area (Å²) in [7, 11) is 0. The summed E-state index contributed by atoms with van der Waals surface area (Å²) in [5.74, 6) is -1.47. The predicted molar refractivity (Wildman–Crippen MR) is 57.8 cm³/mol. The number of benzene rings is 1. The number of carbonyl (C=O) groups is 2. The number of alkyl halides is 1. The molecule has 15 heavy (non-hydrogen) atoms. The van der Waals surface area contributed by atoms with Crippen LogP contribution in [-0.4, -0.2) is 22.2 Å². The first-order valence-electron chi connectivity index (χ1n) is 4.46. The van der Waals surface area contributed by atoms with Gasteiger partial charge >= 0.3 is 5.97 Å². The van der Waals surface area contributed by atoms with Crippen molar-refractivity contribution in [3.8, 4) is 0 Å². The molecule has 80 valence electrons. The minimum absolute atomic E-state index is 0.0370. The molecule has 0 amide bonds. The van der Waals surface area contributed by atoms with Crippen LogP contribution in [0.2, 0.25) is 0 Å². The molecule has 1 aromatic carbocycles. The molecule has 0 saturated carbocycles. The molecule has 0 aliphatic heterocycles. The zero-order valence-electron chi connectivity index (χ0n) is 8.45. The molecule has 1 rings (SSSR count). The second-order valence-corrected chi connectivity index (χ2v) is 3.94. The minimum atomic E-state index is -1.10. The number of hydrogen-bond acceptors (Lipinski definition) is 2. The molecule has 1 aromatic rings. The molecule has 0 aliphatic rings. The van der Waals surface area contributed by atoms with E-state index < -0.39 is 11.3 Å². The van der Waals surface area contributed by atoms with Crippen molar-refractivity contribution in [2.45, 2.75) is 19.2 Å². The van der Waals surface area contributed by atoms with Crippen LogP contribution in [-0.2, 0) is 0 Å². The highest BCUT2D eigenvalue weighted by molar-refractivity contribution is 6.34. The summed E-state index contributed by atoms with van der Waals surface area (Å²) >= 11 is 5.65. The Hall–Kier alpha value is -1.35. The Kier molecular flexibility index (Phi) is 3.48. The Morgan fingerprint density at radius 1 is 1.40 bits per heavy atom. The number of aromatic carboxylic acids is 1. The Bertz CT molecular complexity index is 410. The number of Topliss-reactive ketones (excluding diaryl/α,β-unsaturated/α-hetero) is 1. The number of aryl methyl sites for hydroxylation is 1. The molecule has 0 radical (unpaired) electrons. The molecule has 0 bridgehead atoms. The predicted octanol–water partition coefficient (Wildman–Crippen LogP) is 2.50. The molecule has 0 fully saturated rings. The van der Waals surface area contributed by atoms with Crippen LogP contribution in [0.1, 0.15) is 33.2 Å². The summed E-state index contributed by atoms with van der Waals surface area (Å²) < 4.78 is 0. The number of rotatable bonds is 3. The highest BCUT2D eigenvalue weighted by Gasteiger charge is 2.21.